The van der Waals surface area contributed by atoms with E-state index in [0.29, 0.717) is 16.5 Å². The van der Waals surface area contributed by atoms with Crippen LogP contribution in [0.1, 0.15) is 10.6 Å². The molecule has 0 saturated heterocycles. The van der Waals surface area contributed by atoms with Crippen molar-refractivity contribution in [3.05, 3.63) is 106 Å². The number of fused-ring (bicyclic) bond motifs is 1. The minimum atomic E-state index is -0.382. The van der Waals surface area contributed by atoms with Gasteiger partial charge in [-0.3, -0.25) is 4.79 Å². The van der Waals surface area contributed by atoms with Gasteiger partial charge in [0.1, 0.15) is 0 Å². The molecule has 0 unspecified atom stereocenters. The van der Waals surface area contributed by atoms with Gasteiger partial charge in [0.25, 0.3) is 5.91 Å². The summed E-state index contributed by atoms with van der Waals surface area (Å²) in [6, 6.07) is 28.6. The Kier molecular flexibility index (Phi) is 5.47. The zero-order valence-corrected chi connectivity index (χ0v) is 19.0. The summed E-state index contributed by atoms with van der Waals surface area (Å²) in [5.74, 6) is 0.241. The number of benzene rings is 4. The molecule has 156 valence electrons. The Morgan fingerprint density at radius 1 is 0.875 bits per heavy atom. The van der Waals surface area contributed by atoms with Crippen LogP contribution < -0.4 is 5.32 Å². The van der Waals surface area contributed by atoms with Gasteiger partial charge in [-0.25, -0.2) is 9.67 Å². The molecule has 0 atom stereocenters. The van der Waals surface area contributed by atoms with Gasteiger partial charge in [-0.1, -0.05) is 63.9 Å². The van der Waals surface area contributed by atoms with Gasteiger partial charge in [0.05, 0.1) is 5.69 Å². The van der Waals surface area contributed by atoms with E-state index < -0.39 is 0 Å². The van der Waals surface area contributed by atoms with Crippen molar-refractivity contribution in [1.82, 2.24) is 14.8 Å². The summed E-state index contributed by atoms with van der Waals surface area (Å²) in [4.78, 5) is 17.7. The Morgan fingerprint density at radius 2 is 1.59 bits per heavy atom. The van der Waals surface area contributed by atoms with Crippen LogP contribution in [0, 0.1) is 0 Å². The number of anilines is 1. The van der Waals surface area contributed by atoms with E-state index >= 15 is 0 Å². The highest BCUT2D eigenvalue weighted by molar-refractivity contribution is 9.10. The van der Waals surface area contributed by atoms with E-state index in [1.807, 2.05) is 78.9 Å². The number of carbonyl (C=O) groups excluding carboxylic acids is 1. The lowest BCUT2D eigenvalue weighted by molar-refractivity contribution is 0.101. The number of hydrogen-bond donors (Lipinski definition) is 1. The third kappa shape index (κ3) is 4.02. The van der Waals surface area contributed by atoms with Crippen molar-refractivity contribution in [3.63, 3.8) is 0 Å². The van der Waals surface area contributed by atoms with Crippen LogP contribution in [0.4, 0.5) is 5.69 Å². The van der Waals surface area contributed by atoms with Crippen LogP contribution in [-0.2, 0) is 0 Å². The highest BCUT2D eigenvalue weighted by Gasteiger charge is 2.19. The minimum absolute atomic E-state index is 0.0748. The third-order valence-electron chi connectivity index (χ3n) is 5.02. The Labute approximate surface area is 197 Å². The smallest absolute Gasteiger partial charge is 0.295 e. The number of carbonyl (C=O) groups is 1. The molecule has 0 aliphatic rings. The minimum Gasteiger partial charge on any atom is -0.319 e. The number of aromatic nitrogens is 3. The number of nitrogens with zero attached hydrogens (tertiary/aromatic N) is 3. The lowest BCUT2D eigenvalue weighted by Crippen LogP contribution is -2.14. The maximum atomic E-state index is 13.1. The molecule has 0 aliphatic carbocycles. The molecule has 1 aromatic heterocycles. The largest absolute Gasteiger partial charge is 0.319 e. The van der Waals surface area contributed by atoms with Crippen LogP contribution in [0.2, 0.25) is 5.02 Å². The number of halogens is 2. The van der Waals surface area contributed by atoms with E-state index in [0.717, 1.165) is 26.5 Å². The zero-order valence-electron chi connectivity index (χ0n) is 16.7. The van der Waals surface area contributed by atoms with Crippen LogP contribution >= 0.6 is 27.5 Å². The normalized spacial score (nSPS) is 10.9. The van der Waals surface area contributed by atoms with E-state index in [4.69, 9.17) is 11.6 Å². The van der Waals surface area contributed by atoms with E-state index in [2.05, 4.69) is 31.3 Å². The Hall–Kier alpha value is -3.48. The van der Waals surface area contributed by atoms with Crippen molar-refractivity contribution in [2.24, 2.45) is 0 Å². The molecule has 1 heterocycles. The summed E-state index contributed by atoms with van der Waals surface area (Å²) in [6.07, 6.45) is 0. The molecule has 0 bridgehead atoms. The fourth-order valence-electron chi connectivity index (χ4n) is 3.47. The monoisotopic (exact) mass is 502 g/mol. The molecule has 0 aliphatic heterocycles. The number of amides is 1. The average Bonchev–Trinajstić information content (AvgIpc) is 3.26. The predicted octanol–water partition coefficient (Wildman–Crippen LogP) is 6.76. The quantitative estimate of drug-likeness (QED) is 0.295. The van der Waals surface area contributed by atoms with Crippen molar-refractivity contribution in [2.75, 3.05) is 5.32 Å². The van der Waals surface area contributed by atoms with Crippen molar-refractivity contribution in [3.8, 4) is 17.1 Å². The van der Waals surface area contributed by atoms with E-state index in [9.17, 15) is 4.79 Å². The molecule has 32 heavy (non-hydrogen) atoms. The molecule has 1 amide bonds. The fraction of sp³-hybridized carbons (Fsp3) is 0. The van der Waals surface area contributed by atoms with Crippen molar-refractivity contribution < 1.29 is 4.79 Å². The maximum Gasteiger partial charge on any atom is 0.295 e. The van der Waals surface area contributed by atoms with Crippen LogP contribution in [0.15, 0.2) is 95.5 Å². The summed E-state index contributed by atoms with van der Waals surface area (Å²) in [5.41, 5.74) is 2.30. The molecule has 0 radical (unpaired) electrons. The van der Waals surface area contributed by atoms with Crippen LogP contribution in [0.5, 0.6) is 0 Å². The highest BCUT2D eigenvalue weighted by Crippen LogP contribution is 2.26. The molecule has 4 aromatic carbocycles. The standard InChI is InChI=1S/C25H16BrClN4O/c26-18-10-14-20(15-11-18)31-24(17-8-12-19(27)13-9-17)29-23(30-31)25(32)28-22-7-3-5-16-4-1-2-6-21(16)22/h1-15H,(H,28,32). The molecule has 1 N–H and O–H groups in total. The Bertz CT molecular complexity index is 1360. The second kappa shape index (κ2) is 8.57. The van der Waals surface area contributed by atoms with E-state index in [1.54, 1.807) is 16.8 Å². The number of nitrogens with one attached hydrogen (secondary N) is 1. The number of rotatable bonds is 4. The second-order valence-corrected chi connectivity index (χ2v) is 8.49. The topological polar surface area (TPSA) is 59.8 Å². The summed E-state index contributed by atoms with van der Waals surface area (Å²) < 4.78 is 2.61. The van der Waals surface area contributed by atoms with Gasteiger partial charge >= 0.3 is 0 Å². The first-order valence-electron chi connectivity index (χ1n) is 9.86. The van der Waals surface area contributed by atoms with Crippen LogP contribution in [-0.4, -0.2) is 20.7 Å². The highest BCUT2D eigenvalue weighted by atomic mass is 79.9. The van der Waals surface area contributed by atoms with Crippen molar-refractivity contribution in [1.29, 1.82) is 0 Å². The van der Waals surface area contributed by atoms with Gasteiger partial charge in [0, 0.05) is 26.1 Å². The Morgan fingerprint density at radius 3 is 2.38 bits per heavy atom. The lowest BCUT2D eigenvalue weighted by atomic mass is 10.1. The molecule has 5 nitrogen and oxygen atoms in total. The maximum absolute atomic E-state index is 13.1. The summed E-state index contributed by atoms with van der Waals surface area (Å²) in [6.45, 7) is 0. The van der Waals surface area contributed by atoms with Gasteiger partial charge in [0.2, 0.25) is 5.82 Å². The summed E-state index contributed by atoms with van der Waals surface area (Å²) in [7, 11) is 0. The van der Waals surface area contributed by atoms with Gasteiger partial charge in [-0.15, -0.1) is 5.10 Å². The molecular weight excluding hydrogens is 488 g/mol. The first kappa shape index (κ1) is 20.4. The molecule has 7 heteroatoms. The van der Waals surface area contributed by atoms with Gasteiger partial charge in [-0.2, -0.15) is 0 Å². The van der Waals surface area contributed by atoms with Gasteiger partial charge in [0.15, 0.2) is 5.82 Å². The number of hydrogen-bond acceptors (Lipinski definition) is 3. The molecule has 5 rings (SSSR count). The molecule has 0 saturated carbocycles. The van der Waals surface area contributed by atoms with Crippen LogP contribution in [0.3, 0.4) is 0 Å². The van der Waals surface area contributed by atoms with Crippen LogP contribution in [0.25, 0.3) is 27.8 Å². The molecule has 5 aromatic rings. The lowest BCUT2D eigenvalue weighted by Gasteiger charge is -2.07. The second-order valence-electron chi connectivity index (χ2n) is 7.13. The van der Waals surface area contributed by atoms with E-state index in [-0.39, 0.29) is 11.7 Å². The van der Waals surface area contributed by atoms with E-state index in [1.165, 1.54) is 0 Å². The zero-order chi connectivity index (χ0) is 22.1. The molecule has 0 fully saturated rings. The molecule has 0 spiro atoms. The average molecular weight is 504 g/mol. The first-order chi connectivity index (χ1) is 15.6. The van der Waals surface area contributed by atoms with Gasteiger partial charge < -0.3 is 5.32 Å². The SMILES string of the molecule is O=C(Nc1cccc2ccccc12)c1nc(-c2ccc(Cl)cc2)n(-c2ccc(Br)cc2)n1. The third-order valence-corrected chi connectivity index (χ3v) is 5.80. The first-order valence-corrected chi connectivity index (χ1v) is 11.0. The Balaban J connectivity index is 1.56. The predicted molar refractivity (Wildman–Crippen MR) is 131 cm³/mol. The van der Waals surface area contributed by atoms with Gasteiger partial charge in [-0.05, 0) is 60.0 Å². The summed E-state index contributed by atoms with van der Waals surface area (Å²) in [5, 5.41) is 10.1. The van der Waals surface area contributed by atoms with Crippen molar-refractivity contribution in [2.45, 2.75) is 0 Å². The van der Waals surface area contributed by atoms with Crippen molar-refractivity contribution >= 4 is 49.9 Å². The molecular formula is C25H16BrClN4O. The summed E-state index contributed by atoms with van der Waals surface area (Å²) >= 11 is 9.51. The fourth-order valence-corrected chi connectivity index (χ4v) is 3.86.